The Labute approximate surface area is 118 Å². The number of nitrogens with zero attached hydrogens (tertiary/aromatic N) is 1. The minimum atomic E-state index is -0.994. The molecule has 2 rings (SSSR count). The summed E-state index contributed by atoms with van der Waals surface area (Å²) in [6.07, 6.45) is 0. The summed E-state index contributed by atoms with van der Waals surface area (Å²) in [6.45, 7) is 0. The summed E-state index contributed by atoms with van der Waals surface area (Å²) in [5.74, 6) is -0.105. The molecule has 0 unspecified atom stereocenters. The summed E-state index contributed by atoms with van der Waals surface area (Å²) in [6, 6.07) is 13.1. The van der Waals surface area contributed by atoms with Gasteiger partial charge in [0.1, 0.15) is 17.6 Å². The number of nitriles is 1. The zero-order valence-electron chi connectivity index (χ0n) is 9.63. The van der Waals surface area contributed by atoms with Gasteiger partial charge in [-0.15, -0.1) is 0 Å². The second-order valence-corrected chi connectivity index (χ2v) is 4.60. The lowest BCUT2D eigenvalue weighted by Gasteiger charge is -2.08. The van der Waals surface area contributed by atoms with Crippen molar-refractivity contribution in [3.05, 3.63) is 58.1 Å². The molecule has 0 atom stereocenters. The molecule has 0 saturated carbocycles. The van der Waals surface area contributed by atoms with Crippen LogP contribution in [0, 0.1) is 11.3 Å². The predicted octanol–water partition coefficient (Wildman–Crippen LogP) is 3.81. The Hall–Kier alpha value is -2.32. The number of carboxylic acid groups (broad SMARTS) is 1. The van der Waals surface area contributed by atoms with Crippen LogP contribution in [0.4, 0.5) is 0 Å². The van der Waals surface area contributed by atoms with Crippen molar-refractivity contribution in [3.8, 4) is 17.6 Å². The maximum atomic E-state index is 10.7. The zero-order chi connectivity index (χ0) is 13.8. The van der Waals surface area contributed by atoms with Crippen LogP contribution in [0.2, 0.25) is 0 Å². The van der Waals surface area contributed by atoms with Crippen LogP contribution in [0.3, 0.4) is 0 Å². The van der Waals surface area contributed by atoms with Crippen LogP contribution in [0.5, 0.6) is 11.5 Å². The number of hydrogen-bond donors (Lipinski definition) is 1. The van der Waals surface area contributed by atoms with Gasteiger partial charge in [0.25, 0.3) is 0 Å². The maximum absolute atomic E-state index is 10.7. The van der Waals surface area contributed by atoms with Crippen molar-refractivity contribution in [2.24, 2.45) is 0 Å². The third kappa shape index (κ3) is 3.12. The van der Waals surface area contributed by atoms with E-state index in [-0.39, 0.29) is 5.56 Å². The molecule has 2 aromatic rings. The molecule has 5 heteroatoms. The molecule has 1 N–H and O–H groups in total. The van der Waals surface area contributed by atoms with E-state index in [1.54, 1.807) is 30.3 Å². The second-order valence-electron chi connectivity index (χ2n) is 3.68. The van der Waals surface area contributed by atoms with E-state index in [9.17, 15) is 4.79 Å². The van der Waals surface area contributed by atoms with Gasteiger partial charge in [0, 0.05) is 4.47 Å². The average Bonchev–Trinajstić information content (AvgIpc) is 2.39. The number of halogens is 1. The van der Waals surface area contributed by atoms with Crippen molar-refractivity contribution in [2.75, 3.05) is 0 Å². The van der Waals surface area contributed by atoms with Gasteiger partial charge >= 0.3 is 5.97 Å². The fourth-order valence-corrected chi connectivity index (χ4v) is 1.81. The highest BCUT2D eigenvalue weighted by Gasteiger charge is 2.07. The van der Waals surface area contributed by atoms with Crippen molar-refractivity contribution < 1.29 is 14.6 Å². The summed E-state index contributed by atoms with van der Waals surface area (Å²) in [7, 11) is 0. The smallest absolute Gasteiger partial charge is 0.335 e. The van der Waals surface area contributed by atoms with E-state index in [1.165, 1.54) is 12.1 Å². The third-order valence-electron chi connectivity index (χ3n) is 2.39. The molecule has 0 bridgehead atoms. The van der Waals surface area contributed by atoms with Gasteiger partial charge in [-0.3, -0.25) is 0 Å². The maximum Gasteiger partial charge on any atom is 0.335 e. The summed E-state index contributed by atoms with van der Waals surface area (Å²) in [4.78, 5) is 10.7. The van der Waals surface area contributed by atoms with Gasteiger partial charge in [-0.1, -0.05) is 15.9 Å². The topological polar surface area (TPSA) is 70.3 Å². The molecule has 4 nitrogen and oxygen atoms in total. The molecule has 0 saturated heterocycles. The van der Waals surface area contributed by atoms with Crippen molar-refractivity contribution in [1.82, 2.24) is 0 Å². The minimum absolute atomic E-state index is 0.182. The number of carbonyl (C=O) groups is 1. The third-order valence-corrected chi connectivity index (χ3v) is 2.89. The summed E-state index contributed by atoms with van der Waals surface area (Å²) < 4.78 is 6.37. The lowest BCUT2D eigenvalue weighted by molar-refractivity contribution is 0.0697. The van der Waals surface area contributed by atoms with Crippen LogP contribution in [0.15, 0.2) is 46.9 Å². The molecule has 0 heterocycles. The standard InChI is InChI=1S/C14H8BrNO3/c15-11-4-1-10(8-16)13(7-11)19-12-5-2-9(3-6-12)14(17)18/h1-7H,(H,17,18). The average molecular weight is 318 g/mol. The van der Waals surface area contributed by atoms with Crippen molar-refractivity contribution in [3.63, 3.8) is 0 Å². The highest BCUT2D eigenvalue weighted by atomic mass is 79.9. The molecule has 0 fully saturated rings. The quantitative estimate of drug-likeness (QED) is 0.934. The van der Waals surface area contributed by atoms with Gasteiger partial charge in [-0.25, -0.2) is 4.79 Å². The zero-order valence-corrected chi connectivity index (χ0v) is 11.2. The first-order valence-electron chi connectivity index (χ1n) is 5.31. The first kappa shape index (κ1) is 13.1. The molecule has 0 aliphatic rings. The van der Waals surface area contributed by atoms with Crippen LogP contribution in [0.1, 0.15) is 15.9 Å². The second kappa shape index (κ2) is 5.55. The molecule has 0 spiro atoms. The van der Waals surface area contributed by atoms with E-state index in [2.05, 4.69) is 15.9 Å². The number of rotatable bonds is 3. The van der Waals surface area contributed by atoms with Gasteiger partial charge in [0.15, 0.2) is 0 Å². The first-order chi connectivity index (χ1) is 9.10. The normalized spacial score (nSPS) is 9.68. The molecule has 0 aliphatic carbocycles. The highest BCUT2D eigenvalue weighted by molar-refractivity contribution is 9.10. The Morgan fingerprint density at radius 1 is 1.21 bits per heavy atom. The van der Waals surface area contributed by atoms with Crippen LogP contribution in [-0.2, 0) is 0 Å². The number of carboxylic acids is 1. The molecule has 0 radical (unpaired) electrons. The van der Waals surface area contributed by atoms with Gasteiger partial charge in [0.05, 0.1) is 11.1 Å². The predicted molar refractivity (Wildman–Crippen MR) is 72.3 cm³/mol. The minimum Gasteiger partial charge on any atom is -0.478 e. The fourth-order valence-electron chi connectivity index (χ4n) is 1.47. The van der Waals surface area contributed by atoms with E-state index in [0.29, 0.717) is 17.1 Å². The summed E-state index contributed by atoms with van der Waals surface area (Å²) in [5, 5.41) is 17.8. The van der Waals surface area contributed by atoms with Gasteiger partial charge in [-0.05, 0) is 42.5 Å². The fraction of sp³-hybridized carbons (Fsp3) is 0. The monoisotopic (exact) mass is 317 g/mol. The Morgan fingerprint density at radius 2 is 1.89 bits per heavy atom. The molecule has 0 aliphatic heterocycles. The van der Waals surface area contributed by atoms with Gasteiger partial charge in [0.2, 0.25) is 0 Å². The molecule has 0 aromatic heterocycles. The van der Waals surface area contributed by atoms with Crippen molar-refractivity contribution in [1.29, 1.82) is 5.26 Å². The summed E-state index contributed by atoms with van der Waals surface area (Å²) >= 11 is 3.30. The molecule has 0 amide bonds. The molecule has 2 aromatic carbocycles. The van der Waals surface area contributed by atoms with Crippen LogP contribution >= 0.6 is 15.9 Å². The van der Waals surface area contributed by atoms with E-state index in [4.69, 9.17) is 15.1 Å². The molecular weight excluding hydrogens is 310 g/mol. The lowest BCUT2D eigenvalue weighted by atomic mass is 10.2. The van der Waals surface area contributed by atoms with Crippen molar-refractivity contribution in [2.45, 2.75) is 0 Å². The number of aromatic carboxylic acids is 1. The Balaban J connectivity index is 2.28. The Bertz CT molecular complexity index is 659. The highest BCUT2D eigenvalue weighted by Crippen LogP contribution is 2.28. The van der Waals surface area contributed by atoms with Crippen LogP contribution < -0.4 is 4.74 Å². The van der Waals surface area contributed by atoms with Crippen LogP contribution in [-0.4, -0.2) is 11.1 Å². The Kier molecular flexibility index (Phi) is 3.83. The van der Waals surface area contributed by atoms with E-state index >= 15 is 0 Å². The largest absolute Gasteiger partial charge is 0.478 e. The Morgan fingerprint density at radius 3 is 2.47 bits per heavy atom. The number of hydrogen-bond acceptors (Lipinski definition) is 3. The van der Waals surface area contributed by atoms with E-state index in [0.717, 1.165) is 4.47 Å². The van der Waals surface area contributed by atoms with Gasteiger partial charge < -0.3 is 9.84 Å². The van der Waals surface area contributed by atoms with E-state index < -0.39 is 5.97 Å². The number of ether oxygens (including phenoxy) is 1. The molecular formula is C14H8BrNO3. The van der Waals surface area contributed by atoms with Crippen LogP contribution in [0.25, 0.3) is 0 Å². The SMILES string of the molecule is N#Cc1ccc(Br)cc1Oc1ccc(C(=O)O)cc1. The summed E-state index contributed by atoms with van der Waals surface area (Å²) in [5.41, 5.74) is 0.590. The lowest BCUT2D eigenvalue weighted by Crippen LogP contribution is -1.95. The molecule has 94 valence electrons. The molecule has 19 heavy (non-hydrogen) atoms. The van der Waals surface area contributed by atoms with Crippen molar-refractivity contribution >= 4 is 21.9 Å². The van der Waals surface area contributed by atoms with E-state index in [1.807, 2.05) is 6.07 Å². The number of benzene rings is 2. The first-order valence-corrected chi connectivity index (χ1v) is 6.10. The van der Waals surface area contributed by atoms with Gasteiger partial charge in [-0.2, -0.15) is 5.26 Å².